The topological polar surface area (TPSA) is 111 Å². The van der Waals surface area contributed by atoms with Gasteiger partial charge in [-0.15, -0.1) is 0 Å². The molecular formula is C14H23N3O4S. The van der Waals surface area contributed by atoms with Crippen LogP contribution in [0.4, 0.5) is 16.2 Å². The average Bonchev–Trinajstić information content (AvgIpc) is 2.32. The van der Waals surface area contributed by atoms with E-state index in [9.17, 15) is 13.2 Å². The van der Waals surface area contributed by atoms with Gasteiger partial charge in [0.2, 0.25) is 0 Å². The lowest BCUT2D eigenvalue weighted by molar-refractivity contribution is 0.0530. The Labute approximate surface area is 131 Å². The molecule has 0 aromatic heterocycles. The van der Waals surface area contributed by atoms with Crippen LogP contribution in [0.2, 0.25) is 0 Å². The lowest BCUT2D eigenvalue weighted by Gasteiger charge is -2.19. The van der Waals surface area contributed by atoms with Gasteiger partial charge >= 0.3 is 6.09 Å². The maximum atomic E-state index is 11.6. The molecule has 1 aromatic carbocycles. The normalized spacial score (nSPS) is 11.8. The third-order valence-corrected chi connectivity index (χ3v) is 3.73. The molecule has 0 radical (unpaired) electrons. The number of rotatable bonds is 5. The smallest absolute Gasteiger partial charge is 0.407 e. The number of benzene rings is 1. The Morgan fingerprint density at radius 2 is 1.91 bits per heavy atom. The molecule has 0 atom stereocenters. The predicted octanol–water partition coefficient (Wildman–Crippen LogP) is 1.61. The van der Waals surface area contributed by atoms with E-state index in [1.54, 1.807) is 32.9 Å². The van der Waals surface area contributed by atoms with Crippen LogP contribution in [0.5, 0.6) is 0 Å². The summed E-state index contributed by atoms with van der Waals surface area (Å²) in [5.41, 5.74) is 5.97. The number of nitrogens with two attached hydrogens (primary N) is 1. The zero-order chi connectivity index (χ0) is 17.0. The second kappa shape index (κ2) is 6.87. The molecule has 0 aliphatic rings. The Morgan fingerprint density at radius 1 is 1.27 bits per heavy atom. The number of para-hydroxylation sites is 1. The molecule has 1 aromatic rings. The molecule has 7 nitrogen and oxygen atoms in total. The number of ether oxygens (including phenoxy) is 1. The van der Waals surface area contributed by atoms with Crippen molar-refractivity contribution in [3.8, 4) is 0 Å². The molecule has 124 valence electrons. The minimum Gasteiger partial charge on any atom is -0.444 e. The molecule has 0 saturated heterocycles. The largest absolute Gasteiger partial charge is 0.444 e. The Hall–Kier alpha value is -1.96. The number of alkyl carbamates (subject to hydrolysis) is 1. The molecule has 1 amide bonds. The van der Waals surface area contributed by atoms with Crippen molar-refractivity contribution >= 4 is 27.3 Å². The second-order valence-corrected chi connectivity index (χ2v) is 7.83. The van der Waals surface area contributed by atoms with E-state index in [1.165, 1.54) is 6.07 Å². The lowest BCUT2D eigenvalue weighted by Crippen LogP contribution is -2.35. The van der Waals surface area contributed by atoms with Gasteiger partial charge in [-0.25, -0.2) is 13.2 Å². The van der Waals surface area contributed by atoms with E-state index in [1.807, 2.05) is 0 Å². The van der Waals surface area contributed by atoms with E-state index in [0.29, 0.717) is 18.8 Å². The molecule has 0 aliphatic heterocycles. The number of carbonyl (C=O) groups excluding carboxylic acids is 1. The fraction of sp³-hybridized carbons (Fsp3) is 0.500. The molecule has 22 heavy (non-hydrogen) atoms. The van der Waals surface area contributed by atoms with Gasteiger partial charge in [-0.2, -0.15) is 0 Å². The molecule has 0 fully saturated rings. The molecule has 0 unspecified atom stereocenters. The predicted molar refractivity (Wildman–Crippen MR) is 86.7 cm³/mol. The standard InChI is InChI=1S/C14H23N3O4S/c1-14(2,3)21-13(18)17-9-8-16-10-6-5-7-11(12(10)15)22(4,19)20/h5-7,16H,8-9,15H2,1-4H3,(H,17,18). The van der Waals surface area contributed by atoms with Crippen molar-refractivity contribution in [1.82, 2.24) is 5.32 Å². The molecule has 8 heteroatoms. The molecule has 0 spiro atoms. The minimum atomic E-state index is -3.38. The number of hydrogen-bond donors (Lipinski definition) is 3. The number of amides is 1. The molecule has 0 heterocycles. The monoisotopic (exact) mass is 329 g/mol. The number of anilines is 2. The summed E-state index contributed by atoms with van der Waals surface area (Å²) in [4.78, 5) is 11.5. The number of carbonyl (C=O) groups is 1. The zero-order valence-electron chi connectivity index (χ0n) is 13.3. The van der Waals surface area contributed by atoms with Gasteiger partial charge in [-0.05, 0) is 32.9 Å². The van der Waals surface area contributed by atoms with Crippen LogP contribution in [-0.2, 0) is 14.6 Å². The van der Waals surface area contributed by atoms with E-state index >= 15 is 0 Å². The molecule has 0 bridgehead atoms. The first-order valence-electron chi connectivity index (χ1n) is 6.80. The van der Waals surface area contributed by atoms with Crippen LogP contribution < -0.4 is 16.4 Å². The summed E-state index contributed by atoms with van der Waals surface area (Å²) in [5.74, 6) is 0. The fourth-order valence-electron chi connectivity index (χ4n) is 1.70. The second-order valence-electron chi connectivity index (χ2n) is 5.84. The summed E-state index contributed by atoms with van der Waals surface area (Å²) in [5, 5.41) is 5.57. The van der Waals surface area contributed by atoms with E-state index < -0.39 is 21.5 Å². The highest BCUT2D eigenvalue weighted by atomic mass is 32.2. The number of hydrogen-bond acceptors (Lipinski definition) is 6. The average molecular weight is 329 g/mol. The first-order valence-corrected chi connectivity index (χ1v) is 8.69. The Morgan fingerprint density at radius 3 is 2.45 bits per heavy atom. The van der Waals surface area contributed by atoms with Gasteiger partial charge < -0.3 is 21.1 Å². The fourth-order valence-corrected chi connectivity index (χ4v) is 2.53. The first kappa shape index (κ1) is 18.1. The van der Waals surface area contributed by atoms with Crippen LogP contribution in [0.25, 0.3) is 0 Å². The van der Waals surface area contributed by atoms with Crippen LogP contribution in [0.1, 0.15) is 20.8 Å². The third kappa shape index (κ3) is 5.80. The van der Waals surface area contributed by atoms with Crippen molar-refractivity contribution in [3.63, 3.8) is 0 Å². The number of nitrogens with one attached hydrogen (secondary N) is 2. The van der Waals surface area contributed by atoms with Crippen molar-refractivity contribution in [2.75, 3.05) is 30.4 Å². The Kier molecular flexibility index (Phi) is 5.65. The van der Waals surface area contributed by atoms with E-state index in [4.69, 9.17) is 10.5 Å². The van der Waals surface area contributed by atoms with Gasteiger partial charge in [0, 0.05) is 19.3 Å². The van der Waals surface area contributed by atoms with Gasteiger partial charge in [-0.1, -0.05) is 6.07 Å². The lowest BCUT2D eigenvalue weighted by atomic mass is 10.2. The summed E-state index contributed by atoms with van der Waals surface area (Å²) >= 11 is 0. The van der Waals surface area contributed by atoms with Gasteiger partial charge in [0.1, 0.15) is 5.60 Å². The first-order chi connectivity index (χ1) is 10.0. The maximum Gasteiger partial charge on any atom is 0.407 e. The number of sulfone groups is 1. The van der Waals surface area contributed by atoms with Crippen molar-refractivity contribution in [1.29, 1.82) is 0 Å². The maximum absolute atomic E-state index is 11.6. The highest BCUT2D eigenvalue weighted by molar-refractivity contribution is 7.90. The van der Waals surface area contributed by atoms with Gasteiger partial charge in [0.25, 0.3) is 0 Å². The number of nitrogen functional groups attached to an aromatic ring is 1. The minimum absolute atomic E-state index is 0.0811. The zero-order valence-corrected chi connectivity index (χ0v) is 14.1. The molecule has 0 aliphatic carbocycles. The summed E-state index contributed by atoms with van der Waals surface area (Å²) in [6.07, 6.45) is 0.596. The van der Waals surface area contributed by atoms with Crippen LogP contribution >= 0.6 is 0 Å². The van der Waals surface area contributed by atoms with Crippen LogP contribution in [0.15, 0.2) is 23.1 Å². The SMILES string of the molecule is CC(C)(C)OC(=O)NCCNc1cccc(S(C)(=O)=O)c1N. The van der Waals surface area contributed by atoms with Crippen molar-refractivity contribution in [3.05, 3.63) is 18.2 Å². The highest BCUT2D eigenvalue weighted by Gasteiger charge is 2.16. The Balaban J connectivity index is 2.55. The van der Waals surface area contributed by atoms with Gasteiger partial charge in [0.05, 0.1) is 16.3 Å². The quantitative estimate of drug-likeness (QED) is 0.559. The van der Waals surface area contributed by atoms with Gasteiger partial charge in [0.15, 0.2) is 9.84 Å². The Bertz CT molecular complexity index is 636. The van der Waals surface area contributed by atoms with Crippen LogP contribution in [0.3, 0.4) is 0 Å². The van der Waals surface area contributed by atoms with Crippen molar-refractivity contribution in [2.24, 2.45) is 0 Å². The summed E-state index contributed by atoms with van der Waals surface area (Å²) in [6.45, 7) is 6.04. The van der Waals surface area contributed by atoms with E-state index in [-0.39, 0.29) is 10.6 Å². The summed E-state index contributed by atoms with van der Waals surface area (Å²) in [7, 11) is -3.38. The van der Waals surface area contributed by atoms with E-state index in [2.05, 4.69) is 10.6 Å². The van der Waals surface area contributed by atoms with E-state index in [0.717, 1.165) is 6.26 Å². The highest BCUT2D eigenvalue weighted by Crippen LogP contribution is 2.26. The van der Waals surface area contributed by atoms with Crippen LogP contribution in [-0.4, -0.2) is 39.5 Å². The van der Waals surface area contributed by atoms with Crippen LogP contribution in [0, 0.1) is 0 Å². The summed E-state index contributed by atoms with van der Waals surface area (Å²) < 4.78 is 28.2. The molecule has 0 saturated carbocycles. The third-order valence-electron chi connectivity index (χ3n) is 2.57. The molecule has 4 N–H and O–H groups in total. The van der Waals surface area contributed by atoms with Crippen molar-refractivity contribution < 1.29 is 17.9 Å². The van der Waals surface area contributed by atoms with Crippen molar-refractivity contribution in [2.45, 2.75) is 31.3 Å². The summed E-state index contributed by atoms with van der Waals surface area (Å²) in [6, 6.07) is 4.74. The molecular weight excluding hydrogens is 306 g/mol. The van der Waals surface area contributed by atoms with Gasteiger partial charge in [-0.3, -0.25) is 0 Å². The molecule has 1 rings (SSSR count).